The summed E-state index contributed by atoms with van der Waals surface area (Å²) in [5.41, 5.74) is -0.513. The molecule has 0 spiro atoms. The number of aromatic hydroxyl groups is 1. The maximum atomic E-state index is 12.0. The Morgan fingerprint density at radius 3 is 2.65 bits per heavy atom. The van der Waals surface area contributed by atoms with Crippen LogP contribution in [-0.2, 0) is 23.9 Å². The zero-order chi connectivity index (χ0) is 15.1. The van der Waals surface area contributed by atoms with E-state index in [1.54, 1.807) is 0 Å². The Hall–Kier alpha value is -1.74. The Bertz CT molecular complexity index is 830. The van der Waals surface area contributed by atoms with E-state index in [1.807, 2.05) is 0 Å². The van der Waals surface area contributed by atoms with Gasteiger partial charge in [0.25, 0.3) is 5.56 Å². The molecule has 0 aliphatic carbocycles. The molecule has 2 heterocycles. The monoisotopic (exact) mass is 315 g/mol. The summed E-state index contributed by atoms with van der Waals surface area (Å²) in [7, 11) is -0.195. The largest absolute Gasteiger partial charge is 0.494 e. The van der Waals surface area contributed by atoms with Gasteiger partial charge < -0.3 is 5.11 Å². The van der Waals surface area contributed by atoms with Crippen molar-refractivity contribution in [3.05, 3.63) is 32.2 Å². The SMILES string of the molecule is Cn1c(O)c(C=N[C@H]2C=CS(=O)(=O)C2)c(=O)n(C)c1=S. The molecule has 1 N–H and O–H groups in total. The average molecular weight is 315 g/mol. The highest BCUT2D eigenvalue weighted by Crippen LogP contribution is 2.13. The Labute approximate surface area is 120 Å². The summed E-state index contributed by atoms with van der Waals surface area (Å²) in [6.45, 7) is 0. The van der Waals surface area contributed by atoms with Crippen LogP contribution in [0.3, 0.4) is 0 Å². The lowest BCUT2D eigenvalue weighted by molar-refractivity contribution is 0.414. The first-order valence-corrected chi connectivity index (χ1v) is 7.78. The van der Waals surface area contributed by atoms with Crippen LogP contribution < -0.4 is 5.56 Å². The van der Waals surface area contributed by atoms with Crippen molar-refractivity contribution in [1.29, 1.82) is 0 Å². The minimum Gasteiger partial charge on any atom is -0.494 e. The van der Waals surface area contributed by atoms with Gasteiger partial charge in [-0.25, -0.2) is 8.42 Å². The number of aromatic nitrogens is 2. The van der Waals surface area contributed by atoms with Gasteiger partial charge in [-0.15, -0.1) is 0 Å². The molecule has 2 rings (SSSR count). The predicted molar refractivity (Wildman–Crippen MR) is 77.5 cm³/mol. The molecule has 0 saturated heterocycles. The number of sulfone groups is 1. The van der Waals surface area contributed by atoms with Crippen LogP contribution in [0, 0.1) is 4.77 Å². The fourth-order valence-corrected chi connectivity index (χ4v) is 3.17. The van der Waals surface area contributed by atoms with Gasteiger partial charge in [-0.05, 0) is 18.3 Å². The zero-order valence-electron chi connectivity index (χ0n) is 10.8. The molecule has 9 heteroatoms. The lowest BCUT2D eigenvalue weighted by Gasteiger charge is -2.09. The molecule has 1 atom stereocenters. The smallest absolute Gasteiger partial charge is 0.266 e. The standard InChI is InChI=1S/C11H13N3O4S2/c1-13-9(15)8(10(16)14(2)11(13)19)5-12-7-3-4-20(17,18)6-7/h3-5,7,15H,6H2,1-2H3/t7-/m0/s1. The number of hydrogen-bond donors (Lipinski definition) is 1. The molecule has 0 radical (unpaired) electrons. The second-order valence-corrected chi connectivity index (χ2v) is 6.74. The maximum absolute atomic E-state index is 12.0. The van der Waals surface area contributed by atoms with Crippen molar-refractivity contribution in [1.82, 2.24) is 9.13 Å². The van der Waals surface area contributed by atoms with E-state index in [2.05, 4.69) is 4.99 Å². The van der Waals surface area contributed by atoms with E-state index >= 15 is 0 Å². The van der Waals surface area contributed by atoms with Crippen molar-refractivity contribution >= 4 is 28.3 Å². The molecule has 0 aromatic carbocycles. The van der Waals surface area contributed by atoms with Crippen LogP contribution in [-0.4, -0.2) is 40.7 Å². The molecule has 108 valence electrons. The van der Waals surface area contributed by atoms with Crippen LogP contribution in [0.15, 0.2) is 21.3 Å². The van der Waals surface area contributed by atoms with Crippen LogP contribution in [0.25, 0.3) is 0 Å². The highest BCUT2D eigenvalue weighted by molar-refractivity contribution is 7.94. The molecule has 0 amide bonds. The molecule has 0 unspecified atom stereocenters. The molecule has 1 aromatic rings. The third-order valence-corrected chi connectivity index (χ3v) is 4.90. The van der Waals surface area contributed by atoms with Crippen molar-refractivity contribution in [2.75, 3.05) is 5.75 Å². The Kier molecular flexibility index (Phi) is 3.65. The van der Waals surface area contributed by atoms with Gasteiger partial charge in [0.15, 0.2) is 14.6 Å². The first-order chi connectivity index (χ1) is 9.23. The molecule has 0 saturated carbocycles. The Balaban J connectivity index is 2.44. The summed E-state index contributed by atoms with van der Waals surface area (Å²) in [4.78, 5) is 16.0. The summed E-state index contributed by atoms with van der Waals surface area (Å²) in [5.74, 6) is -0.429. The third-order valence-electron chi connectivity index (χ3n) is 2.97. The average Bonchev–Trinajstić information content (AvgIpc) is 2.73. The summed E-state index contributed by atoms with van der Waals surface area (Å²) >= 11 is 4.98. The second-order valence-electron chi connectivity index (χ2n) is 4.45. The molecule has 0 bridgehead atoms. The molecular weight excluding hydrogens is 302 g/mol. The van der Waals surface area contributed by atoms with Gasteiger partial charge in [0.05, 0.1) is 11.8 Å². The maximum Gasteiger partial charge on any atom is 0.266 e. The molecule has 1 aliphatic heterocycles. The number of aliphatic imine (C=N–C) groups is 1. The minimum atomic E-state index is -3.21. The van der Waals surface area contributed by atoms with Gasteiger partial charge in [0.2, 0.25) is 5.88 Å². The van der Waals surface area contributed by atoms with Crippen molar-refractivity contribution < 1.29 is 13.5 Å². The topological polar surface area (TPSA) is 93.7 Å². The fourth-order valence-electron chi connectivity index (χ4n) is 1.79. The highest BCUT2D eigenvalue weighted by Gasteiger charge is 2.21. The predicted octanol–water partition coefficient (Wildman–Crippen LogP) is -0.112. The van der Waals surface area contributed by atoms with Crippen LogP contribution in [0.5, 0.6) is 5.88 Å². The minimum absolute atomic E-state index is 0.0266. The molecule has 0 fully saturated rings. The van der Waals surface area contributed by atoms with Gasteiger partial charge in [0, 0.05) is 25.7 Å². The van der Waals surface area contributed by atoms with E-state index in [0.29, 0.717) is 0 Å². The molecule has 20 heavy (non-hydrogen) atoms. The zero-order valence-corrected chi connectivity index (χ0v) is 12.5. The summed E-state index contributed by atoms with van der Waals surface area (Å²) < 4.78 is 25.1. The molecular formula is C11H13N3O4S2. The first kappa shape index (κ1) is 14.7. The van der Waals surface area contributed by atoms with E-state index < -0.39 is 21.4 Å². The Morgan fingerprint density at radius 1 is 1.45 bits per heavy atom. The second kappa shape index (κ2) is 4.98. The number of rotatable bonds is 2. The van der Waals surface area contributed by atoms with Crippen molar-refractivity contribution in [3.63, 3.8) is 0 Å². The number of nitrogens with zero attached hydrogens (tertiary/aromatic N) is 3. The normalized spacial score (nSPS) is 20.8. The first-order valence-electron chi connectivity index (χ1n) is 5.66. The van der Waals surface area contributed by atoms with E-state index in [9.17, 15) is 18.3 Å². The van der Waals surface area contributed by atoms with Gasteiger partial charge in [-0.2, -0.15) is 0 Å². The van der Waals surface area contributed by atoms with E-state index in [4.69, 9.17) is 12.2 Å². The van der Waals surface area contributed by atoms with Crippen LogP contribution in [0.2, 0.25) is 0 Å². The number of hydrogen-bond acceptors (Lipinski definition) is 6. The van der Waals surface area contributed by atoms with Crippen LogP contribution in [0.4, 0.5) is 0 Å². The van der Waals surface area contributed by atoms with Crippen molar-refractivity contribution in [2.24, 2.45) is 19.1 Å². The van der Waals surface area contributed by atoms with E-state index in [1.165, 1.54) is 35.5 Å². The summed E-state index contributed by atoms with van der Waals surface area (Å²) in [6, 6.07) is -0.544. The molecule has 1 aromatic heterocycles. The van der Waals surface area contributed by atoms with Gasteiger partial charge in [-0.3, -0.25) is 18.9 Å². The van der Waals surface area contributed by atoms with Crippen molar-refractivity contribution in [3.8, 4) is 5.88 Å². The quantitative estimate of drug-likeness (QED) is 0.607. The summed E-state index contributed by atoms with van der Waals surface area (Å²) in [6.07, 6.45) is 2.62. The van der Waals surface area contributed by atoms with E-state index in [-0.39, 0.29) is 22.0 Å². The van der Waals surface area contributed by atoms with Gasteiger partial charge in [0.1, 0.15) is 5.56 Å². The lowest BCUT2D eigenvalue weighted by Crippen LogP contribution is -2.25. The summed E-state index contributed by atoms with van der Waals surface area (Å²) in [5, 5.41) is 11.0. The third kappa shape index (κ3) is 2.59. The lowest BCUT2D eigenvalue weighted by atomic mass is 10.3. The molecule has 7 nitrogen and oxygen atoms in total. The van der Waals surface area contributed by atoms with Gasteiger partial charge in [-0.1, -0.05) is 0 Å². The van der Waals surface area contributed by atoms with E-state index in [0.717, 1.165) is 5.41 Å². The van der Waals surface area contributed by atoms with Crippen molar-refractivity contribution in [2.45, 2.75) is 6.04 Å². The molecule has 1 aliphatic rings. The van der Waals surface area contributed by atoms with Crippen LogP contribution in [0.1, 0.15) is 5.56 Å². The van der Waals surface area contributed by atoms with Gasteiger partial charge >= 0.3 is 0 Å². The highest BCUT2D eigenvalue weighted by atomic mass is 32.2. The van der Waals surface area contributed by atoms with Crippen LogP contribution >= 0.6 is 12.2 Å². The Morgan fingerprint density at radius 2 is 2.10 bits per heavy atom. The fraction of sp³-hybridized carbons (Fsp3) is 0.364.